The highest BCUT2D eigenvalue weighted by atomic mass is 32.2. The lowest BCUT2D eigenvalue weighted by atomic mass is 10.0. The van der Waals surface area contributed by atoms with Crippen LogP contribution >= 0.6 is 0 Å². The third kappa shape index (κ3) is 4.42. The fraction of sp³-hybridized carbons (Fsp3) is 0.478. The van der Waals surface area contributed by atoms with Crippen molar-refractivity contribution < 1.29 is 18.9 Å². The van der Waals surface area contributed by atoms with Crippen molar-refractivity contribution in [2.24, 2.45) is 7.05 Å². The third-order valence-electron chi connectivity index (χ3n) is 6.06. The van der Waals surface area contributed by atoms with Crippen LogP contribution in [-0.2, 0) is 34.5 Å². The van der Waals surface area contributed by atoms with Crippen molar-refractivity contribution >= 4 is 29.1 Å². The average molecular weight is 472 g/mol. The maximum atomic E-state index is 13.1. The molecule has 33 heavy (non-hydrogen) atoms. The van der Waals surface area contributed by atoms with Crippen LogP contribution in [0, 0.1) is 0 Å². The number of amides is 3. The van der Waals surface area contributed by atoms with E-state index in [0.29, 0.717) is 17.7 Å². The molecule has 1 aromatic carbocycles. The maximum absolute atomic E-state index is 13.1. The molecule has 2 unspecified atom stereocenters. The van der Waals surface area contributed by atoms with Gasteiger partial charge in [-0.3, -0.25) is 24.4 Å². The summed E-state index contributed by atoms with van der Waals surface area (Å²) in [6.45, 7) is 7.96. The van der Waals surface area contributed by atoms with Gasteiger partial charge in [0, 0.05) is 42.5 Å². The highest BCUT2D eigenvalue weighted by molar-refractivity contribution is 7.90. The van der Waals surface area contributed by atoms with Crippen molar-refractivity contribution in [3.8, 4) is 11.3 Å². The minimum Gasteiger partial charge on any atom is -0.598 e. The molecule has 0 saturated carbocycles. The minimum absolute atomic E-state index is 0.199. The lowest BCUT2D eigenvalue weighted by Gasteiger charge is -2.29. The molecular weight excluding hydrogens is 442 g/mol. The van der Waals surface area contributed by atoms with Gasteiger partial charge in [0.15, 0.2) is 0 Å². The maximum Gasteiger partial charge on any atom is 0.255 e. The molecule has 1 saturated heterocycles. The van der Waals surface area contributed by atoms with Gasteiger partial charge in [-0.1, -0.05) is 12.1 Å². The summed E-state index contributed by atoms with van der Waals surface area (Å²) in [6, 6.07) is 6.56. The Bertz CT molecular complexity index is 1120. The van der Waals surface area contributed by atoms with E-state index in [2.05, 4.69) is 15.1 Å². The van der Waals surface area contributed by atoms with Crippen LogP contribution in [0.1, 0.15) is 68.2 Å². The summed E-state index contributed by atoms with van der Waals surface area (Å²) in [5.74, 6) is -0.953. The Balaban J connectivity index is 1.61. The Kier molecular flexibility index (Phi) is 6.10. The third-order valence-corrected chi connectivity index (χ3v) is 7.74. The summed E-state index contributed by atoms with van der Waals surface area (Å²) in [6.07, 6.45) is 0.537. The number of hydrogen-bond acceptors (Lipinski definition) is 6. The Morgan fingerprint density at radius 2 is 1.94 bits per heavy atom. The number of hydrogen-bond donors (Lipinski definition) is 2. The topological polar surface area (TPSA) is 119 Å². The molecule has 2 aliphatic rings. The van der Waals surface area contributed by atoms with Crippen molar-refractivity contribution in [2.75, 3.05) is 0 Å². The number of nitrogens with one attached hydrogen (secondary N) is 2. The number of nitrogens with zero attached hydrogens (tertiary/aromatic N) is 3. The highest BCUT2D eigenvalue weighted by Crippen LogP contribution is 2.35. The van der Waals surface area contributed by atoms with Crippen molar-refractivity contribution in [2.45, 2.75) is 63.9 Å². The van der Waals surface area contributed by atoms with E-state index in [4.69, 9.17) is 0 Å². The second-order valence-electron chi connectivity index (χ2n) is 9.53. The standard InChI is InChI=1S/C23H29N5O4S/c1-13(26-33(32)23(2,3)4)19-11-17(25-27(19)5)14-7-6-8-15-16(14)12-28(22(15)31)18-9-10-20(29)24-21(18)30/h6-8,11,13,18,26H,9-10,12H2,1-5H3,(H,24,29,30)/t13-,18?,33?/m1/s1. The summed E-state index contributed by atoms with van der Waals surface area (Å²) in [7, 11) is 1.83. The first kappa shape index (κ1) is 23.5. The van der Waals surface area contributed by atoms with E-state index < -0.39 is 28.1 Å². The van der Waals surface area contributed by atoms with E-state index in [1.54, 1.807) is 10.7 Å². The Labute approximate surface area is 196 Å². The first-order chi connectivity index (χ1) is 15.5. The van der Waals surface area contributed by atoms with Crippen LogP contribution in [0.25, 0.3) is 11.3 Å². The number of piperidine rings is 1. The van der Waals surface area contributed by atoms with Gasteiger partial charge >= 0.3 is 0 Å². The van der Waals surface area contributed by atoms with Crippen LogP contribution in [0.15, 0.2) is 24.3 Å². The van der Waals surface area contributed by atoms with Gasteiger partial charge in [-0.25, -0.2) is 0 Å². The van der Waals surface area contributed by atoms with Crippen LogP contribution in [0.4, 0.5) is 0 Å². The number of benzene rings is 1. The highest BCUT2D eigenvalue weighted by Gasteiger charge is 2.40. The Morgan fingerprint density at radius 1 is 1.24 bits per heavy atom. The van der Waals surface area contributed by atoms with Gasteiger partial charge in [0.05, 0.1) is 17.4 Å². The Hall–Kier alpha value is -2.69. The number of imide groups is 1. The molecule has 0 radical (unpaired) electrons. The van der Waals surface area contributed by atoms with Gasteiger partial charge in [0.2, 0.25) is 11.8 Å². The van der Waals surface area contributed by atoms with E-state index >= 15 is 0 Å². The molecule has 0 spiro atoms. The van der Waals surface area contributed by atoms with Gasteiger partial charge < -0.3 is 9.45 Å². The van der Waals surface area contributed by atoms with E-state index in [-0.39, 0.29) is 30.8 Å². The number of fused-ring (bicyclic) bond motifs is 1. The predicted octanol–water partition coefficient (Wildman–Crippen LogP) is 1.96. The second-order valence-corrected chi connectivity index (χ2v) is 11.5. The van der Waals surface area contributed by atoms with Gasteiger partial charge in [0.1, 0.15) is 10.8 Å². The zero-order valence-corrected chi connectivity index (χ0v) is 20.3. The summed E-state index contributed by atoms with van der Waals surface area (Å²) in [5, 5.41) is 6.99. The molecule has 176 valence electrons. The number of carbonyl (C=O) groups excluding carboxylic acids is 3. The van der Waals surface area contributed by atoms with E-state index in [9.17, 15) is 18.9 Å². The molecule has 3 amide bonds. The molecule has 2 aliphatic heterocycles. The SMILES string of the molecule is C[C@@H](N[S+]([O-])C(C)(C)C)c1cc(-c2cccc3c2CN(C2CCC(=O)NC2=O)C3=O)nn1C. The van der Waals surface area contributed by atoms with Gasteiger partial charge in [-0.05, 0) is 51.8 Å². The van der Waals surface area contributed by atoms with Crippen molar-refractivity contribution in [1.29, 1.82) is 0 Å². The summed E-state index contributed by atoms with van der Waals surface area (Å²) in [4.78, 5) is 38.5. The minimum atomic E-state index is -1.23. The van der Waals surface area contributed by atoms with E-state index in [1.165, 1.54) is 4.90 Å². The largest absolute Gasteiger partial charge is 0.598 e. The summed E-state index contributed by atoms with van der Waals surface area (Å²) >= 11 is -1.23. The van der Waals surface area contributed by atoms with E-state index in [0.717, 1.165) is 16.8 Å². The summed E-state index contributed by atoms with van der Waals surface area (Å²) in [5.41, 5.74) is 3.76. The molecule has 10 heteroatoms. The Morgan fingerprint density at radius 3 is 2.61 bits per heavy atom. The molecule has 4 rings (SSSR count). The second kappa shape index (κ2) is 8.58. The molecule has 3 heterocycles. The fourth-order valence-corrected chi connectivity index (χ4v) is 5.04. The van der Waals surface area contributed by atoms with Crippen LogP contribution in [-0.4, -0.2) is 47.7 Å². The van der Waals surface area contributed by atoms with Crippen LogP contribution in [0.2, 0.25) is 0 Å². The molecule has 0 bridgehead atoms. The first-order valence-electron chi connectivity index (χ1n) is 11.0. The van der Waals surface area contributed by atoms with Crippen LogP contribution in [0.5, 0.6) is 0 Å². The van der Waals surface area contributed by atoms with Crippen LogP contribution < -0.4 is 10.0 Å². The van der Waals surface area contributed by atoms with Gasteiger partial charge in [-0.15, -0.1) is 4.72 Å². The fourth-order valence-electron chi connectivity index (χ4n) is 4.24. The van der Waals surface area contributed by atoms with Gasteiger partial charge in [-0.2, -0.15) is 5.10 Å². The number of aromatic nitrogens is 2. The molecule has 2 N–H and O–H groups in total. The van der Waals surface area contributed by atoms with Crippen molar-refractivity contribution in [1.82, 2.24) is 24.7 Å². The van der Waals surface area contributed by atoms with E-state index in [1.807, 2.05) is 52.9 Å². The molecule has 1 fully saturated rings. The quantitative estimate of drug-likeness (QED) is 0.508. The zero-order chi connectivity index (χ0) is 24.1. The molecule has 0 aliphatic carbocycles. The monoisotopic (exact) mass is 471 g/mol. The number of carbonyl (C=O) groups is 3. The predicted molar refractivity (Wildman–Crippen MR) is 124 cm³/mol. The van der Waals surface area contributed by atoms with Crippen molar-refractivity contribution in [3.63, 3.8) is 0 Å². The molecule has 1 aromatic heterocycles. The smallest absolute Gasteiger partial charge is 0.255 e. The molecular formula is C23H29N5O4S. The molecule has 2 aromatic rings. The van der Waals surface area contributed by atoms with Crippen molar-refractivity contribution in [3.05, 3.63) is 41.1 Å². The number of aryl methyl sites for hydroxylation is 1. The average Bonchev–Trinajstić information content (AvgIpc) is 3.28. The summed E-state index contributed by atoms with van der Waals surface area (Å²) < 4.78 is 17.0. The molecule has 3 atom stereocenters. The lowest BCUT2D eigenvalue weighted by Crippen LogP contribution is -2.52. The lowest BCUT2D eigenvalue weighted by molar-refractivity contribution is -0.136. The molecule has 9 nitrogen and oxygen atoms in total. The zero-order valence-electron chi connectivity index (χ0n) is 19.5. The van der Waals surface area contributed by atoms with Gasteiger partial charge in [0.25, 0.3) is 5.91 Å². The number of rotatable bonds is 5. The van der Waals surface area contributed by atoms with Crippen LogP contribution in [0.3, 0.4) is 0 Å². The normalized spacial score (nSPS) is 20.6. The first-order valence-corrected chi connectivity index (χ1v) is 12.1.